The van der Waals surface area contributed by atoms with E-state index in [0.717, 1.165) is 32.6 Å². The summed E-state index contributed by atoms with van der Waals surface area (Å²) in [6.07, 6.45) is 4.45. The van der Waals surface area contributed by atoms with Crippen LogP contribution in [-0.2, 0) is 9.59 Å². The lowest BCUT2D eigenvalue weighted by Gasteiger charge is -2.37. The van der Waals surface area contributed by atoms with Crippen LogP contribution < -0.4 is 4.90 Å². The molecule has 3 unspecified atom stereocenters. The van der Waals surface area contributed by atoms with Gasteiger partial charge in [0.2, 0.25) is 11.8 Å². The average molecular weight is 381 g/mol. The summed E-state index contributed by atoms with van der Waals surface area (Å²) in [7, 11) is 0. The summed E-state index contributed by atoms with van der Waals surface area (Å²) < 4.78 is 0. The Morgan fingerprint density at radius 3 is 2.11 bits per heavy atom. The Balaban J connectivity index is 1.14. The molecule has 1 aromatic carbocycles. The predicted octanol–water partition coefficient (Wildman–Crippen LogP) is 0.977. The van der Waals surface area contributed by atoms with Gasteiger partial charge in [-0.1, -0.05) is 30.4 Å². The van der Waals surface area contributed by atoms with Gasteiger partial charge in [0.1, 0.15) is 0 Å². The van der Waals surface area contributed by atoms with Crippen LogP contribution in [-0.4, -0.2) is 72.1 Å². The molecule has 0 spiro atoms. The standard InChI is InChI=1S/C22H27N3O3/c26-18(13-23-8-10-24(11-9-23)17-4-2-1-3-5-17)14-25-21(27)19-15-6-7-16(12-15)20(19)22(25)28/h1-7,15-16,18-20,26H,8-14H2/t15-,16?,18?,19-,20?/m0/s1. The monoisotopic (exact) mass is 381 g/mol. The van der Waals surface area contributed by atoms with Crippen LogP contribution in [0.25, 0.3) is 0 Å². The van der Waals surface area contributed by atoms with E-state index in [2.05, 4.69) is 34.1 Å². The van der Waals surface area contributed by atoms with E-state index >= 15 is 0 Å². The molecule has 2 amide bonds. The van der Waals surface area contributed by atoms with Crippen LogP contribution in [0.4, 0.5) is 5.69 Å². The zero-order valence-corrected chi connectivity index (χ0v) is 16.0. The van der Waals surface area contributed by atoms with Crippen LogP contribution in [0.5, 0.6) is 0 Å². The smallest absolute Gasteiger partial charge is 0.233 e. The number of hydrogen-bond donors (Lipinski definition) is 1. The number of carbonyl (C=O) groups excluding carboxylic acids is 2. The molecule has 2 bridgehead atoms. The number of carbonyl (C=O) groups is 2. The molecule has 0 aromatic heterocycles. The van der Waals surface area contributed by atoms with Crippen molar-refractivity contribution in [3.63, 3.8) is 0 Å². The minimum absolute atomic E-state index is 0.0696. The summed E-state index contributed by atoms with van der Waals surface area (Å²) in [5.41, 5.74) is 1.23. The Kier molecular flexibility index (Phi) is 4.48. The highest BCUT2D eigenvalue weighted by Gasteiger charge is 2.59. The zero-order chi connectivity index (χ0) is 19.3. The maximum Gasteiger partial charge on any atom is 0.233 e. The minimum Gasteiger partial charge on any atom is -0.390 e. The van der Waals surface area contributed by atoms with Crippen LogP contribution in [0.3, 0.4) is 0 Å². The summed E-state index contributed by atoms with van der Waals surface area (Å²) in [5.74, 6) is -0.0489. The molecule has 6 nitrogen and oxygen atoms in total. The third-order valence-electron chi connectivity index (χ3n) is 6.92. The summed E-state index contributed by atoms with van der Waals surface area (Å²) in [6.45, 7) is 4.19. The number of benzene rings is 1. The third kappa shape index (κ3) is 2.95. The van der Waals surface area contributed by atoms with Gasteiger partial charge < -0.3 is 10.0 Å². The van der Waals surface area contributed by atoms with Crippen molar-refractivity contribution in [3.8, 4) is 0 Å². The molecule has 3 fully saturated rings. The number of rotatable bonds is 5. The highest BCUT2D eigenvalue weighted by atomic mass is 16.3. The number of piperazine rings is 1. The maximum absolute atomic E-state index is 12.8. The van der Waals surface area contributed by atoms with Crippen LogP contribution >= 0.6 is 0 Å². The third-order valence-corrected chi connectivity index (χ3v) is 6.92. The number of aliphatic hydroxyl groups excluding tert-OH is 1. The number of amides is 2. The largest absolute Gasteiger partial charge is 0.390 e. The normalized spacial score (nSPS) is 33.0. The fourth-order valence-electron chi connectivity index (χ4n) is 5.54. The summed E-state index contributed by atoms with van der Waals surface area (Å²) in [4.78, 5) is 31.4. The van der Waals surface area contributed by atoms with Crippen molar-refractivity contribution >= 4 is 17.5 Å². The van der Waals surface area contributed by atoms with Gasteiger partial charge in [-0.3, -0.25) is 19.4 Å². The minimum atomic E-state index is -0.694. The Morgan fingerprint density at radius 1 is 0.893 bits per heavy atom. The molecule has 5 rings (SSSR count). The lowest BCUT2D eigenvalue weighted by atomic mass is 9.85. The number of aliphatic hydroxyl groups is 1. The second kappa shape index (κ2) is 7.01. The van der Waals surface area contributed by atoms with Crippen molar-refractivity contribution < 1.29 is 14.7 Å². The van der Waals surface area contributed by atoms with Gasteiger partial charge in [-0.05, 0) is 30.4 Å². The van der Waals surface area contributed by atoms with Crippen LogP contribution in [0.15, 0.2) is 42.5 Å². The fraction of sp³-hybridized carbons (Fsp3) is 0.545. The summed E-state index contributed by atoms with van der Waals surface area (Å²) >= 11 is 0. The molecular formula is C22H27N3O3. The van der Waals surface area contributed by atoms with Gasteiger partial charge in [0.05, 0.1) is 24.5 Å². The maximum atomic E-state index is 12.8. The average Bonchev–Trinajstić information content (AvgIpc) is 3.39. The first-order valence-electron chi connectivity index (χ1n) is 10.4. The van der Waals surface area contributed by atoms with Crippen molar-refractivity contribution in [2.24, 2.45) is 23.7 Å². The van der Waals surface area contributed by atoms with Crippen LogP contribution in [0.2, 0.25) is 0 Å². The number of β-amino-alcohol motifs (C(OH)–C–C–N with tert-alkyl or cyclic N) is 1. The van der Waals surface area contributed by atoms with Crippen molar-refractivity contribution in [1.29, 1.82) is 0 Å². The second-order valence-electron chi connectivity index (χ2n) is 8.56. The molecule has 2 aliphatic carbocycles. The quantitative estimate of drug-likeness (QED) is 0.608. The molecule has 2 aliphatic heterocycles. The zero-order valence-electron chi connectivity index (χ0n) is 16.0. The summed E-state index contributed by atoms with van der Waals surface area (Å²) in [5, 5.41) is 10.6. The van der Waals surface area contributed by atoms with Crippen molar-refractivity contribution in [2.75, 3.05) is 44.2 Å². The first-order valence-corrected chi connectivity index (χ1v) is 10.4. The number of hydrogen-bond acceptors (Lipinski definition) is 5. The highest BCUT2D eigenvalue weighted by molar-refractivity contribution is 6.06. The Bertz CT molecular complexity index is 757. The Hall–Kier alpha value is -2.18. The molecular weight excluding hydrogens is 354 g/mol. The van der Waals surface area contributed by atoms with E-state index in [0.29, 0.717) is 6.54 Å². The molecule has 28 heavy (non-hydrogen) atoms. The topological polar surface area (TPSA) is 64.1 Å². The predicted molar refractivity (Wildman–Crippen MR) is 106 cm³/mol. The van der Waals surface area contributed by atoms with Crippen molar-refractivity contribution in [1.82, 2.24) is 9.80 Å². The van der Waals surface area contributed by atoms with Gasteiger partial charge in [-0.25, -0.2) is 0 Å². The first kappa shape index (κ1) is 17.9. The van der Waals surface area contributed by atoms with E-state index in [1.54, 1.807) is 0 Å². The van der Waals surface area contributed by atoms with E-state index in [1.807, 2.05) is 18.2 Å². The molecule has 4 aliphatic rings. The van der Waals surface area contributed by atoms with Gasteiger partial charge in [-0.2, -0.15) is 0 Å². The highest BCUT2D eigenvalue weighted by Crippen LogP contribution is 2.52. The molecule has 2 saturated heterocycles. The molecule has 5 atom stereocenters. The Labute approximate surface area is 165 Å². The number of allylic oxidation sites excluding steroid dienone is 2. The van der Waals surface area contributed by atoms with Gasteiger partial charge in [-0.15, -0.1) is 0 Å². The lowest BCUT2D eigenvalue weighted by Crippen LogP contribution is -2.50. The van der Waals surface area contributed by atoms with E-state index in [-0.39, 0.29) is 42.0 Å². The number of fused-ring (bicyclic) bond motifs is 5. The van der Waals surface area contributed by atoms with E-state index < -0.39 is 6.10 Å². The first-order chi connectivity index (χ1) is 13.6. The summed E-state index contributed by atoms with van der Waals surface area (Å²) in [6, 6.07) is 10.4. The van der Waals surface area contributed by atoms with E-state index in [9.17, 15) is 14.7 Å². The number of likely N-dealkylation sites (tertiary alicyclic amines) is 1. The van der Waals surface area contributed by atoms with Crippen LogP contribution in [0, 0.1) is 23.7 Å². The van der Waals surface area contributed by atoms with Crippen LogP contribution in [0.1, 0.15) is 6.42 Å². The van der Waals surface area contributed by atoms with Gasteiger partial charge in [0, 0.05) is 38.4 Å². The Morgan fingerprint density at radius 2 is 1.50 bits per heavy atom. The van der Waals surface area contributed by atoms with E-state index in [4.69, 9.17) is 0 Å². The number of imide groups is 1. The lowest BCUT2D eigenvalue weighted by molar-refractivity contribution is -0.142. The van der Waals surface area contributed by atoms with E-state index in [1.165, 1.54) is 10.6 Å². The number of nitrogens with zero attached hydrogens (tertiary/aromatic N) is 3. The molecule has 1 N–H and O–H groups in total. The second-order valence-corrected chi connectivity index (χ2v) is 8.56. The molecule has 148 valence electrons. The molecule has 2 heterocycles. The number of anilines is 1. The van der Waals surface area contributed by atoms with Crippen molar-refractivity contribution in [2.45, 2.75) is 12.5 Å². The van der Waals surface area contributed by atoms with Gasteiger partial charge >= 0.3 is 0 Å². The fourth-order valence-corrected chi connectivity index (χ4v) is 5.54. The van der Waals surface area contributed by atoms with Gasteiger partial charge in [0.25, 0.3) is 0 Å². The number of para-hydroxylation sites is 1. The molecule has 1 saturated carbocycles. The SMILES string of the molecule is O=C1C2C3C=C[C@@H](C3)[C@@H]2C(=O)N1CC(O)CN1CCN(c2ccccc2)CC1. The molecule has 0 radical (unpaired) electrons. The molecule has 1 aromatic rings. The van der Waals surface area contributed by atoms with Crippen molar-refractivity contribution in [3.05, 3.63) is 42.5 Å². The van der Waals surface area contributed by atoms with Gasteiger partial charge in [0.15, 0.2) is 0 Å². The molecule has 6 heteroatoms.